The minimum Gasteiger partial charge on any atom is -0.801 e. The molecule has 0 spiro atoms. The largest absolute Gasteiger partial charge is 0.801 e. The monoisotopic (exact) mass is 163 g/mol. The van der Waals surface area contributed by atoms with E-state index in [9.17, 15) is 9.46 Å². The average molecular weight is 163 g/mol. The van der Waals surface area contributed by atoms with Crippen LogP contribution in [0.5, 0.6) is 0 Å². The Bertz CT molecular complexity index is 130. The van der Waals surface area contributed by atoms with Crippen molar-refractivity contribution in [1.82, 2.24) is 0 Å². The Kier molecular flexibility index (Phi) is 10.6. The molecule has 0 N–H and O–H groups in total. The van der Waals surface area contributed by atoms with Crippen molar-refractivity contribution in [2.24, 2.45) is 0 Å². The molecule has 0 aromatic rings. The topological polar surface area (TPSA) is 43.1 Å². The molecule has 10 heavy (non-hydrogen) atoms. The highest BCUT2D eigenvalue weighted by Gasteiger charge is 1.67. The van der Waals surface area contributed by atoms with Crippen LogP contribution in [0.15, 0.2) is 12.7 Å². The third kappa shape index (κ3) is 49.0. The second-order valence-electron chi connectivity index (χ2n) is 1.94. The molecule has 0 aromatic heterocycles. The van der Waals surface area contributed by atoms with Crippen LogP contribution < -0.4 is 4.89 Å². The lowest BCUT2D eigenvalue weighted by Gasteiger charge is -1.94. The third-order valence-electron chi connectivity index (χ3n) is 0.311. The zero-order chi connectivity index (χ0) is 8.57. The lowest BCUT2D eigenvalue weighted by molar-refractivity contribution is -0.454. The van der Waals surface area contributed by atoms with Crippen molar-refractivity contribution in [2.45, 2.75) is 0 Å². The van der Waals surface area contributed by atoms with Gasteiger partial charge in [-0.2, -0.15) is 0 Å². The summed E-state index contributed by atoms with van der Waals surface area (Å²) in [5.41, 5.74) is 0. The van der Waals surface area contributed by atoms with Crippen molar-refractivity contribution in [3.63, 3.8) is 0 Å². The summed E-state index contributed by atoms with van der Waals surface area (Å²) in [7, 11) is 1.27. The van der Waals surface area contributed by atoms with Gasteiger partial charge in [-0.25, -0.2) is 4.58 Å². The van der Waals surface area contributed by atoms with E-state index in [0.717, 1.165) is 0 Å². The van der Waals surface area contributed by atoms with E-state index in [1.165, 1.54) is 6.08 Å². The quantitative estimate of drug-likeness (QED) is 0.248. The summed E-state index contributed by atoms with van der Waals surface area (Å²) in [6.45, 7) is 6.70. The van der Waals surface area contributed by atoms with E-state index in [1.54, 1.807) is 4.58 Å². The summed E-state index contributed by atoms with van der Waals surface area (Å²) < 4.78 is 11.4. The van der Waals surface area contributed by atoms with Gasteiger partial charge in [0.25, 0.3) is 0 Å². The summed E-state index contributed by atoms with van der Waals surface area (Å²) in [5, 5.41) is 0. The van der Waals surface area contributed by atoms with Crippen LogP contribution in [0.1, 0.15) is 0 Å². The van der Waals surface area contributed by atoms with E-state index in [0.29, 0.717) is 0 Å². The third-order valence-corrected chi connectivity index (χ3v) is 0.933. The van der Waals surface area contributed by atoms with Gasteiger partial charge in [0.05, 0.1) is 0 Å². The molecule has 0 aliphatic rings. The SMILES string of the molecule is C=CC[PH](=O)[O-].C=[N+](C)C. The van der Waals surface area contributed by atoms with Crippen molar-refractivity contribution >= 4 is 14.7 Å². The van der Waals surface area contributed by atoms with E-state index >= 15 is 0 Å². The van der Waals surface area contributed by atoms with E-state index in [1.807, 2.05) is 14.1 Å². The summed E-state index contributed by atoms with van der Waals surface area (Å²) in [6.07, 6.45) is 1.50. The first-order valence-electron chi connectivity index (χ1n) is 2.79. The van der Waals surface area contributed by atoms with E-state index in [4.69, 9.17) is 0 Å². The van der Waals surface area contributed by atoms with Gasteiger partial charge in [0.2, 0.25) is 0 Å². The molecule has 60 valence electrons. The zero-order valence-electron chi connectivity index (χ0n) is 6.46. The van der Waals surface area contributed by atoms with Crippen LogP contribution in [-0.2, 0) is 4.57 Å². The summed E-state index contributed by atoms with van der Waals surface area (Å²) in [6, 6.07) is 0. The highest BCUT2D eigenvalue weighted by atomic mass is 31.1. The Hall–Kier alpha value is -0.400. The smallest absolute Gasteiger partial charge is 0.131 e. The van der Waals surface area contributed by atoms with Crippen molar-refractivity contribution < 1.29 is 14.0 Å². The average Bonchev–Trinajstić information content (AvgIpc) is 1.62. The minimum absolute atomic E-state index is 0.130. The van der Waals surface area contributed by atoms with Gasteiger partial charge in [0.15, 0.2) is 0 Å². The number of hydrogen-bond donors (Lipinski definition) is 0. The first-order chi connectivity index (χ1) is 4.50. The first kappa shape index (κ1) is 12.3. The van der Waals surface area contributed by atoms with E-state index in [2.05, 4.69) is 13.3 Å². The van der Waals surface area contributed by atoms with Crippen LogP contribution in [0.3, 0.4) is 0 Å². The van der Waals surface area contributed by atoms with Crippen LogP contribution in [0.25, 0.3) is 0 Å². The molecule has 0 aliphatic heterocycles. The molecule has 0 saturated heterocycles. The van der Waals surface area contributed by atoms with Gasteiger partial charge < -0.3 is 9.46 Å². The molecular weight excluding hydrogens is 149 g/mol. The molecule has 0 amide bonds. The van der Waals surface area contributed by atoms with Crippen LogP contribution in [0.4, 0.5) is 0 Å². The van der Waals surface area contributed by atoms with Crippen LogP contribution in [0, 0.1) is 0 Å². The minimum atomic E-state index is -2.50. The van der Waals surface area contributed by atoms with Gasteiger partial charge in [-0.1, -0.05) is 6.08 Å². The van der Waals surface area contributed by atoms with Crippen LogP contribution >= 0.6 is 8.03 Å². The first-order valence-corrected chi connectivity index (χ1v) is 4.31. The number of rotatable bonds is 2. The van der Waals surface area contributed by atoms with Gasteiger partial charge in [-0.15, -0.1) is 6.58 Å². The predicted molar refractivity (Wildman–Crippen MR) is 43.3 cm³/mol. The summed E-state index contributed by atoms with van der Waals surface area (Å²) >= 11 is 0. The van der Waals surface area contributed by atoms with Gasteiger partial charge in [-0.3, -0.25) is 0 Å². The van der Waals surface area contributed by atoms with Gasteiger partial charge >= 0.3 is 0 Å². The molecular formula is C6H14NO2P. The number of allylic oxidation sites excluding steroid dienone is 1. The molecule has 3 nitrogen and oxygen atoms in total. The number of nitrogens with zero attached hydrogens (tertiary/aromatic N) is 1. The number of hydrogen-bond acceptors (Lipinski definition) is 2. The highest BCUT2D eigenvalue weighted by Crippen LogP contribution is 2.03. The maximum atomic E-state index is 9.60. The fourth-order valence-corrected chi connectivity index (χ4v) is 0.354. The molecule has 0 heterocycles. The lowest BCUT2D eigenvalue weighted by Crippen LogP contribution is -1.86. The van der Waals surface area contributed by atoms with Gasteiger partial charge in [-0.05, 0) is 0 Å². The van der Waals surface area contributed by atoms with Gasteiger partial charge in [0.1, 0.15) is 20.8 Å². The molecule has 0 rings (SSSR count). The fourth-order valence-electron chi connectivity index (χ4n) is 0.118. The molecule has 0 bridgehead atoms. The molecule has 1 atom stereocenters. The standard InChI is InChI=1S/C3H8N.C3H7O2P/c1-4(2)3;1-2-3-6(4)5/h1H2,2-3H3;2,6H,1,3H2,(H,4,5)/q+1;/p-1. The molecule has 0 saturated carbocycles. The van der Waals surface area contributed by atoms with Crippen LogP contribution in [0.2, 0.25) is 0 Å². The Morgan fingerprint density at radius 3 is 2.00 bits per heavy atom. The molecule has 1 unspecified atom stereocenters. The zero-order valence-corrected chi connectivity index (χ0v) is 7.46. The second-order valence-corrected chi connectivity index (χ2v) is 3.10. The Balaban J connectivity index is 0. The molecule has 0 radical (unpaired) electrons. The molecule has 4 heteroatoms. The second kappa shape index (κ2) is 8.60. The van der Waals surface area contributed by atoms with E-state index < -0.39 is 8.03 Å². The highest BCUT2D eigenvalue weighted by molar-refractivity contribution is 7.36. The van der Waals surface area contributed by atoms with Crippen molar-refractivity contribution in [1.29, 1.82) is 0 Å². The van der Waals surface area contributed by atoms with Crippen LogP contribution in [-0.4, -0.2) is 31.6 Å². The maximum Gasteiger partial charge on any atom is 0.131 e. The van der Waals surface area contributed by atoms with Gasteiger partial charge in [0, 0.05) is 14.2 Å². The summed E-state index contributed by atoms with van der Waals surface area (Å²) in [4.78, 5) is 9.60. The molecule has 0 aromatic carbocycles. The maximum absolute atomic E-state index is 9.60. The Labute approximate surface area is 62.6 Å². The Morgan fingerprint density at radius 1 is 1.70 bits per heavy atom. The van der Waals surface area contributed by atoms with Crippen molar-refractivity contribution in [3.8, 4) is 0 Å². The molecule has 0 fully saturated rings. The van der Waals surface area contributed by atoms with E-state index in [-0.39, 0.29) is 6.16 Å². The lowest BCUT2D eigenvalue weighted by atomic mass is 10.8. The predicted octanol–water partition coefficient (Wildman–Crippen LogP) is -0.0335. The fraction of sp³-hybridized carbons (Fsp3) is 0.500. The van der Waals surface area contributed by atoms with Crippen molar-refractivity contribution in [2.75, 3.05) is 20.3 Å². The molecule has 0 aliphatic carbocycles. The normalized spacial score (nSPS) is 10.7. The van der Waals surface area contributed by atoms with Crippen molar-refractivity contribution in [3.05, 3.63) is 12.7 Å². The summed E-state index contributed by atoms with van der Waals surface area (Å²) in [5.74, 6) is 0. The Morgan fingerprint density at radius 2 is 2.00 bits per heavy atom.